The zero-order chi connectivity index (χ0) is 12.1. The number of carboxylic acids is 1. The van der Waals surface area contributed by atoms with E-state index in [1.165, 1.54) is 0 Å². The number of rotatable bonds is 4. The molecule has 0 fully saturated rings. The molecule has 0 spiro atoms. The molecule has 0 radical (unpaired) electrons. The lowest BCUT2D eigenvalue weighted by atomic mass is 10.1. The Labute approximate surface area is 99.4 Å². The van der Waals surface area contributed by atoms with Gasteiger partial charge in [-0.2, -0.15) is 0 Å². The number of hydrogen-bond acceptors (Lipinski definition) is 2. The van der Waals surface area contributed by atoms with Crippen molar-refractivity contribution in [2.45, 2.75) is 12.8 Å². The van der Waals surface area contributed by atoms with Crippen LogP contribution in [0.5, 0.6) is 0 Å². The molecular weight excluding hydrogens is 214 g/mol. The predicted molar refractivity (Wildman–Crippen MR) is 67.6 cm³/mol. The number of allylic oxidation sites excluding steroid dienone is 1. The van der Waals surface area contributed by atoms with Gasteiger partial charge in [0.05, 0.1) is 5.52 Å². The second-order valence-corrected chi connectivity index (χ2v) is 3.75. The highest BCUT2D eigenvalue weighted by atomic mass is 16.4. The average molecular weight is 227 g/mol. The molecule has 1 N–H and O–H groups in total. The number of benzene rings is 1. The van der Waals surface area contributed by atoms with Gasteiger partial charge in [0.15, 0.2) is 0 Å². The van der Waals surface area contributed by atoms with Gasteiger partial charge in [-0.1, -0.05) is 30.4 Å². The van der Waals surface area contributed by atoms with Gasteiger partial charge in [-0.3, -0.25) is 9.78 Å². The van der Waals surface area contributed by atoms with E-state index in [1.807, 2.05) is 42.5 Å². The third kappa shape index (κ3) is 2.91. The molecule has 3 nitrogen and oxygen atoms in total. The zero-order valence-corrected chi connectivity index (χ0v) is 9.34. The van der Waals surface area contributed by atoms with Crippen LogP contribution in [0.3, 0.4) is 0 Å². The summed E-state index contributed by atoms with van der Waals surface area (Å²) in [6.45, 7) is 0. The predicted octanol–water partition coefficient (Wildman–Crippen LogP) is 3.11. The molecule has 0 unspecified atom stereocenters. The van der Waals surface area contributed by atoms with Crippen LogP contribution in [0.4, 0.5) is 0 Å². The van der Waals surface area contributed by atoms with Crippen LogP contribution in [0, 0.1) is 0 Å². The Morgan fingerprint density at radius 3 is 2.94 bits per heavy atom. The summed E-state index contributed by atoms with van der Waals surface area (Å²) < 4.78 is 0. The molecule has 0 saturated heterocycles. The van der Waals surface area contributed by atoms with Gasteiger partial charge in [0.25, 0.3) is 0 Å². The highest BCUT2D eigenvalue weighted by Crippen LogP contribution is 2.17. The highest BCUT2D eigenvalue weighted by molar-refractivity contribution is 5.87. The lowest BCUT2D eigenvalue weighted by Crippen LogP contribution is -1.91. The van der Waals surface area contributed by atoms with Crippen LogP contribution in [-0.4, -0.2) is 16.1 Å². The fourth-order valence-electron chi connectivity index (χ4n) is 1.68. The number of carboxylic acid groups (broad SMARTS) is 1. The number of fused-ring (bicyclic) bond motifs is 1. The van der Waals surface area contributed by atoms with E-state index >= 15 is 0 Å². The van der Waals surface area contributed by atoms with Gasteiger partial charge in [-0.15, -0.1) is 0 Å². The standard InChI is InChI=1S/C14H13NO2/c16-14(17)8-4-1-5-11-9-10-15-13-7-3-2-6-12(11)13/h1-3,5-7,9-10H,4,8H2,(H,16,17)/b5-1+. The van der Waals surface area contributed by atoms with E-state index in [0.29, 0.717) is 6.42 Å². The van der Waals surface area contributed by atoms with Gasteiger partial charge in [-0.05, 0) is 24.1 Å². The van der Waals surface area contributed by atoms with E-state index in [9.17, 15) is 4.79 Å². The first-order valence-electron chi connectivity index (χ1n) is 5.49. The number of pyridine rings is 1. The molecule has 0 aliphatic rings. The van der Waals surface area contributed by atoms with Crippen molar-refractivity contribution in [3.8, 4) is 0 Å². The Morgan fingerprint density at radius 1 is 1.29 bits per heavy atom. The third-order valence-electron chi connectivity index (χ3n) is 2.51. The van der Waals surface area contributed by atoms with Crippen LogP contribution < -0.4 is 0 Å². The maximum atomic E-state index is 10.4. The second-order valence-electron chi connectivity index (χ2n) is 3.75. The largest absolute Gasteiger partial charge is 0.481 e. The van der Waals surface area contributed by atoms with Crippen molar-refractivity contribution >= 4 is 22.9 Å². The molecule has 0 aliphatic heterocycles. The Kier molecular flexibility index (Phi) is 3.50. The molecule has 17 heavy (non-hydrogen) atoms. The summed E-state index contributed by atoms with van der Waals surface area (Å²) in [6.07, 6.45) is 6.31. The maximum absolute atomic E-state index is 10.4. The van der Waals surface area contributed by atoms with Gasteiger partial charge in [0, 0.05) is 18.0 Å². The molecule has 1 heterocycles. The van der Waals surface area contributed by atoms with Crippen LogP contribution in [0.2, 0.25) is 0 Å². The fourth-order valence-corrected chi connectivity index (χ4v) is 1.68. The number of para-hydroxylation sites is 1. The lowest BCUT2D eigenvalue weighted by molar-refractivity contribution is -0.136. The zero-order valence-electron chi connectivity index (χ0n) is 9.34. The first kappa shape index (κ1) is 11.3. The first-order chi connectivity index (χ1) is 8.27. The van der Waals surface area contributed by atoms with Gasteiger partial charge >= 0.3 is 5.97 Å². The van der Waals surface area contributed by atoms with Crippen molar-refractivity contribution in [2.75, 3.05) is 0 Å². The molecule has 0 aliphatic carbocycles. The fraction of sp³-hybridized carbons (Fsp3) is 0.143. The van der Waals surface area contributed by atoms with Crippen LogP contribution in [0.15, 0.2) is 42.6 Å². The van der Waals surface area contributed by atoms with Crippen molar-refractivity contribution < 1.29 is 9.90 Å². The molecule has 1 aromatic heterocycles. The number of aromatic nitrogens is 1. The summed E-state index contributed by atoms with van der Waals surface area (Å²) in [6, 6.07) is 9.83. The van der Waals surface area contributed by atoms with Gasteiger partial charge in [0.2, 0.25) is 0 Å². The minimum absolute atomic E-state index is 0.166. The molecule has 0 amide bonds. The SMILES string of the molecule is O=C(O)CC/C=C/c1ccnc2ccccc12. The van der Waals surface area contributed by atoms with Crippen LogP contribution >= 0.6 is 0 Å². The second kappa shape index (κ2) is 5.25. The normalized spacial score (nSPS) is 11.1. The Hall–Kier alpha value is -2.16. The van der Waals surface area contributed by atoms with Gasteiger partial charge in [-0.25, -0.2) is 0 Å². The summed E-state index contributed by atoms with van der Waals surface area (Å²) >= 11 is 0. The monoisotopic (exact) mass is 227 g/mol. The molecule has 2 aromatic rings. The van der Waals surface area contributed by atoms with Crippen molar-refractivity contribution in [3.05, 3.63) is 48.2 Å². The minimum Gasteiger partial charge on any atom is -0.481 e. The molecule has 0 atom stereocenters. The smallest absolute Gasteiger partial charge is 0.303 e. The Morgan fingerprint density at radius 2 is 2.12 bits per heavy atom. The Bertz CT molecular complexity index is 556. The molecule has 0 bridgehead atoms. The maximum Gasteiger partial charge on any atom is 0.303 e. The topological polar surface area (TPSA) is 50.2 Å². The van der Waals surface area contributed by atoms with E-state index < -0.39 is 5.97 Å². The summed E-state index contributed by atoms with van der Waals surface area (Å²) in [5, 5.41) is 9.62. The number of hydrogen-bond donors (Lipinski definition) is 1. The molecule has 0 saturated carbocycles. The molecular formula is C14H13NO2. The summed E-state index contributed by atoms with van der Waals surface area (Å²) in [5.41, 5.74) is 2.02. The van der Waals surface area contributed by atoms with E-state index in [1.54, 1.807) is 6.20 Å². The van der Waals surface area contributed by atoms with E-state index in [-0.39, 0.29) is 6.42 Å². The van der Waals surface area contributed by atoms with Crippen LogP contribution in [-0.2, 0) is 4.79 Å². The van der Waals surface area contributed by atoms with Crippen LogP contribution in [0.25, 0.3) is 17.0 Å². The summed E-state index contributed by atoms with van der Waals surface area (Å²) in [4.78, 5) is 14.6. The highest BCUT2D eigenvalue weighted by Gasteiger charge is 1.97. The minimum atomic E-state index is -0.769. The lowest BCUT2D eigenvalue weighted by Gasteiger charge is -2.00. The van der Waals surface area contributed by atoms with Crippen LogP contribution in [0.1, 0.15) is 18.4 Å². The molecule has 86 valence electrons. The average Bonchev–Trinajstić information content (AvgIpc) is 2.34. The number of nitrogens with zero attached hydrogens (tertiary/aromatic N) is 1. The van der Waals surface area contributed by atoms with E-state index in [0.717, 1.165) is 16.5 Å². The van der Waals surface area contributed by atoms with Gasteiger partial charge in [0.1, 0.15) is 0 Å². The van der Waals surface area contributed by atoms with Gasteiger partial charge < -0.3 is 5.11 Å². The molecule has 2 rings (SSSR count). The first-order valence-corrected chi connectivity index (χ1v) is 5.49. The van der Waals surface area contributed by atoms with E-state index in [4.69, 9.17) is 5.11 Å². The summed E-state index contributed by atoms with van der Waals surface area (Å²) in [7, 11) is 0. The summed E-state index contributed by atoms with van der Waals surface area (Å²) in [5.74, 6) is -0.769. The third-order valence-corrected chi connectivity index (χ3v) is 2.51. The Balaban J connectivity index is 2.21. The number of carbonyl (C=O) groups is 1. The van der Waals surface area contributed by atoms with E-state index in [2.05, 4.69) is 4.98 Å². The molecule has 1 aromatic carbocycles. The number of aliphatic carboxylic acids is 1. The van der Waals surface area contributed by atoms with Crippen molar-refractivity contribution in [1.29, 1.82) is 0 Å². The van der Waals surface area contributed by atoms with Crippen molar-refractivity contribution in [3.63, 3.8) is 0 Å². The van der Waals surface area contributed by atoms with Crippen molar-refractivity contribution in [2.24, 2.45) is 0 Å². The quantitative estimate of drug-likeness (QED) is 0.873. The van der Waals surface area contributed by atoms with Crippen molar-refractivity contribution in [1.82, 2.24) is 4.98 Å². The molecule has 3 heteroatoms.